The molecule has 0 saturated heterocycles. The molecular weight excluding hydrogens is 451 g/mol. The molecule has 0 aromatic heterocycles. The van der Waals surface area contributed by atoms with E-state index < -0.39 is 15.9 Å². The van der Waals surface area contributed by atoms with Gasteiger partial charge in [0, 0.05) is 19.2 Å². The van der Waals surface area contributed by atoms with E-state index in [2.05, 4.69) is 6.58 Å². The lowest BCUT2D eigenvalue weighted by Gasteiger charge is -2.24. The lowest BCUT2D eigenvalue weighted by Crippen LogP contribution is -2.32. The SMILES string of the molecule is C=CCN(c1ccccc1)S(=O)(=O)c1cc(C(=O)N(C)Cc2ccc(F)cc2)ccc1Cl. The molecule has 0 N–H and O–H groups in total. The summed E-state index contributed by atoms with van der Waals surface area (Å²) in [5, 5.41) is 0.00716. The zero-order chi connectivity index (χ0) is 23.3. The van der Waals surface area contributed by atoms with Gasteiger partial charge in [-0.2, -0.15) is 0 Å². The van der Waals surface area contributed by atoms with Crippen molar-refractivity contribution in [1.29, 1.82) is 0 Å². The summed E-state index contributed by atoms with van der Waals surface area (Å²) in [5.74, 6) is -0.754. The minimum absolute atomic E-state index is 0.00716. The first-order valence-electron chi connectivity index (χ1n) is 9.72. The number of carbonyl (C=O) groups excluding carboxylic acids is 1. The minimum Gasteiger partial charge on any atom is -0.337 e. The minimum atomic E-state index is -4.07. The molecule has 0 spiro atoms. The molecule has 0 saturated carbocycles. The van der Waals surface area contributed by atoms with Crippen molar-refractivity contribution in [3.8, 4) is 0 Å². The molecule has 0 bridgehead atoms. The summed E-state index contributed by atoms with van der Waals surface area (Å²) < 4.78 is 41.2. The van der Waals surface area contributed by atoms with Crippen molar-refractivity contribution < 1.29 is 17.6 Å². The van der Waals surface area contributed by atoms with Crippen LogP contribution in [0.15, 0.2) is 90.3 Å². The van der Waals surface area contributed by atoms with Crippen molar-refractivity contribution in [2.45, 2.75) is 11.4 Å². The van der Waals surface area contributed by atoms with E-state index in [-0.39, 0.29) is 34.4 Å². The van der Waals surface area contributed by atoms with Gasteiger partial charge >= 0.3 is 0 Å². The number of halogens is 2. The third-order valence-corrected chi connectivity index (χ3v) is 7.04. The molecule has 0 aliphatic rings. The molecule has 8 heteroatoms. The van der Waals surface area contributed by atoms with Gasteiger partial charge in [0.05, 0.1) is 17.3 Å². The Morgan fingerprint density at radius 3 is 2.34 bits per heavy atom. The smallest absolute Gasteiger partial charge is 0.266 e. The quantitative estimate of drug-likeness (QED) is 0.427. The van der Waals surface area contributed by atoms with Crippen LogP contribution in [-0.4, -0.2) is 32.8 Å². The van der Waals surface area contributed by atoms with Crippen LogP contribution in [0.5, 0.6) is 0 Å². The largest absolute Gasteiger partial charge is 0.337 e. The highest BCUT2D eigenvalue weighted by molar-refractivity contribution is 7.93. The zero-order valence-corrected chi connectivity index (χ0v) is 19.0. The van der Waals surface area contributed by atoms with Crippen molar-refractivity contribution in [2.24, 2.45) is 0 Å². The molecule has 3 rings (SSSR count). The fraction of sp³-hybridized carbons (Fsp3) is 0.125. The average Bonchev–Trinajstić information content (AvgIpc) is 2.79. The highest BCUT2D eigenvalue weighted by Gasteiger charge is 2.28. The van der Waals surface area contributed by atoms with Crippen molar-refractivity contribution in [1.82, 2.24) is 4.90 Å². The van der Waals surface area contributed by atoms with Gasteiger partial charge in [0.25, 0.3) is 15.9 Å². The molecule has 3 aromatic rings. The number of benzene rings is 3. The van der Waals surface area contributed by atoms with Gasteiger partial charge in [-0.25, -0.2) is 12.8 Å². The maximum atomic E-state index is 13.4. The highest BCUT2D eigenvalue weighted by Crippen LogP contribution is 2.29. The third-order valence-electron chi connectivity index (χ3n) is 4.76. The zero-order valence-electron chi connectivity index (χ0n) is 17.4. The van der Waals surface area contributed by atoms with E-state index in [0.29, 0.717) is 5.69 Å². The Morgan fingerprint density at radius 1 is 1.06 bits per heavy atom. The van der Waals surface area contributed by atoms with Crippen LogP contribution in [-0.2, 0) is 16.6 Å². The molecule has 0 aliphatic heterocycles. The molecule has 0 fully saturated rings. The summed E-state index contributed by atoms with van der Waals surface area (Å²) in [6, 6.07) is 18.5. The van der Waals surface area contributed by atoms with Crippen molar-refractivity contribution in [3.05, 3.63) is 107 Å². The van der Waals surface area contributed by atoms with Gasteiger partial charge in [-0.05, 0) is 48.0 Å². The summed E-state index contributed by atoms with van der Waals surface area (Å²) in [4.78, 5) is 14.2. The fourth-order valence-electron chi connectivity index (χ4n) is 3.16. The van der Waals surface area contributed by atoms with Gasteiger partial charge in [-0.3, -0.25) is 9.10 Å². The summed E-state index contributed by atoms with van der Waals surface area (Å²) in [6.45, 7) is 3.91. The number of anilines is 1. The van der Waals surface area contributed by atoms with E-state index in [1.807, 2.05) is 0 Å². The first-order chi connectivity index (χ1) is 15.2. The standard InChI is InChI=1S/C24H22ClFN2O3S/c1-3-15-28(21-7-5-4-6-8-21)32(30,31)23-16-19(11-14-22(23)25)24(29)27(2)17-18-9-12-20(26)13-10-18/h3-14,16H,1,15,17H2,2H3. The topological polar surface area (TPSA) is 57.7 Å². The molecule has 0 aliphatic carbocycles. The van der Waals surface area contributed by atoms with Crippen molar-refractivity contribution >= 4 is 33.2 Å². The number of hydrogen-bond donors (Lipinski definition) is 0. The maximum Gasteiger partial charge on any atom is 0.266 e. The Labute approximate surface area is 192 Å². The molecular formula is C24H22ClFN2O3S. The Hall–Kier alpha value is -3.16. The molecule has 166 valence electrons. The lowest BCUT2D eigenvalue weighted by molar-refractivity contribution is 0.0785. The van der Waals surface area contributed by atoms with Crippen LogP contribution in [0.25, 0.3) is 0 Å². The molecule has 0 radical (unpaired) electrons. The van der Waals surface area contributed by atoms with Crippen LogP contribution in [0.4, 0.5) is 10.1 Å². The number of para-hydroxylation sites is 1. The third kappa shape index (κ3) is 5.18. The summed E-state index contributed by atoms with van der Waals surface area (Å²) >= 11 is 6.25. The van der Waals surface area contributed by atoms with Crippen LogP contribution >= 0.6 is 11.6 Å². The van der Waals surface area contributed by atoms with Gasteiger partial charge < -0.3 is 4.90 Å². The van der Waals surface area contributed by atoms with Crippen LogP contribution in [0.2, 0.25) is 5.02 Å². The number of nitrogens with zero attached hydrogens (tertiary/aromatic N) is 2. The number of rotatable bonds is 8. The number of carbonyl (C=O) groups is 1. The second-order valence-electron chi connectivity index (χ2n) is 7.09. The number of amides is 1. The molecule has 3 aromatic carbocycles. The molecule has 0 unspecified atom stereocenters. The fourth-order valence-corrected chi connectivity index (χ4v) is 5.10. The van der Waals surface area contributed by atoms with Crippen LogP contribution in [0.1, 0.15) is 15.9 Å². The van der Waals surface area contributed by atoms with E-state index in [4.69, 9.17) is 11.6 Å². The first kappa shape index (κ1) is 23.5. The van der Waals surface area contributed by atoms with Gasteiger partial charge in [-0.1, -0.05) is 48.0 Å². The normalized spacial score (nSPS) is 11.1. The molecule has 32 heavy (non-hydrogen) atoms. The van der Waals surface area contributed by atoms with Gasteiger partial charge in [0.15, 0.2) is 0 Å². The van der Waals surface area contributed by atoms with E-state index in [1.165, 1.54) is 45.6 Å². The van der Waals surface area contributed by atoms with Crippen molar-refractivity contribution in [2.75, 3.05) is 17.9 Å². The Morgan fingerprint density at radius 2 is 1.72 bits per heavy atom. The molecule has 5 nitrogen and oxygen atoms in total. The summed E-state index contributed by atoms with van der Waals surface area (Å²) in [6.07, 6.45) is 1.48. The predicted octanol–water partition coefficient (Wildman–Crippen LogP) is 5.13. The summed E-state index contributed by atoms with van der Waals surface area (Å²) in [5.41, 5.74) is 1.36. The molecule has 0 heterocycles. The predicted molar refractivity (Wildman–Crippen MR) is 125 cm³/mol. The van der Waals surface area contributed by atoms with Crippen LogP contribution in [0.3, 0.4) is 0 Å². The van der Waals surface area contributed by atoms with Crippen LogP contribution < -0.4 is 4.31 Å². The monoisotopic (exact) mass is 472 g/mol. The van der Waals surface area contributed by atoms with Crippen molar-refractivity contribution in [3.63, 3.8) is 0 Å². The van der Waals surface area contributed by atoms with E-state index in [9.17, 15) is 17.6 Å². The second-order valence-corrected chi connectivity index (χ2v) is 9.33. The number of sulfonamides is 1. The lowest BCUT2D eigenvalue weighted by atomic mass is 10.1. The van der Waals surface area contributed by atoms with E-state index in [0.717, 1.165) is 5.56 Å². The van der Waals surface area contributed by atoms with Gasteiger partial charge in [-0.15, -0.1) is 6.58 Å². The summed E-state index contributed by atoms with van der Waals surface area (Å²) in [7, 11) is -2.49. The molecule has 0 atom stereocenters. The number of hydrogen-bond acceptors (Lipinski definition) is 3. The second kappa shape index (κ2) is 9.97. The van der Waals surface area contributed by atoms with Gasteiger partial charge in [0.2, 0.25) is 0 Å². The highest BCUT2D eigenvalue weighted by atomic mass is 35.5. The van der Waals surface area contributed by atoms with Crippen LogP contribution in [0, 0.1) is 5.82 Å². The molecule has 1 amide bonds. The first-order valence-corrected chi connectivity index (χ1v) is 11.5. The van der Waals surface area contributed by atoms with E-state index in [1.54, 1.807) is 49.5 Å². The Kier molecular flexibility index (Phi) is 7.33. The Bertz CT molecular complexity index is 1220. The maximum absolute atomic E-state index is 13.4. The van der Waals surface area contributed by atoms with Gasteiger partial charge in [0.1, 0.15) is 10.7 Å². The van der Waals surface area contributed by atoms with E-state index >= 15 is 0 Å². The average molecular weight is 473 g/mol. The Balaban J connectivity index is 1.93.